The zero-order chi connectivity index (χ0) is 15.7. The van der Waals surface area contributed by atoms with E-state index in [1.54, 1.807) is 0 Å². The maximum atomic E-state index is 13.8. The minimum atomic E-state index is -0.478. The number of aryl methyl sites for hydroxylation is 2. The first-order chi connectivity index (χ1) is 10.5. The fraction of sp³-hybridized carbons (Fsp3) is 0.438. The molecule has 8 heteroatoms. The second-order valence-corrected chi connectivity index (χ2v) is 5.72. The number of amides is 1. The number of carbonyl (C=O) groups is 1. The van der Waals surface area contributed by atoms with Crippen molar-refractivity contribution in [3.63, 3.8) is 0 Å². The Morgan fingerprint density at radius 2 is 2.00 bits per heavy atom. The normalized spacial score (nSPS) is 16.4. The molecule has 1 aliphatic heterocycles. The second kappa shape index (κ2) is 8.55. The number of nitrogens with zero attached hydrogens (tertiary/aromatic N) is 2. The molecule has 5 nitrogen and oxygen atoms in total. The molecule has 132 valence electrons. The summed E-state index contributed by atoms with van der Waals surface area (Å²) >= 11 is 0. The predicted octanol–water partition coefficient (Wildman–Crippen LogP) is 2.71. The molecule has 1 atom stereocenters. The molecule has 0 spiro atoms. The van der Waals surface area contributed by atoms with Crippen molar-refractivity contribution >= 4 is 41.8 Å². The third kappa shape index (κ3) is 4.32. The highest BCUT2D eigenvalue weighted by molar-refractivity contribution is 6.04. The molecule has 2 N–H and O–H groups in total. The molecular weight excluding hydrogens is 354 g/mol. The van der Waals surface area contributed by atoms with Crippen molar-refractivity contribution < 1.29 is 9.18 Å². The summed E-state index contributed by atoms with van der Waals surface area (Å²) in [5, 5.41) is 6.17. The van der Waals surface area contributed by atoms with Crippen molar-refractivity contribution in [1.82, 2.24) is 20.6 Å². The summed E-state index contributed by atoms with van der Waals surface area (Å²) < 4.78 is 13.8. The van der Waals surface area contributed by atoms with Gasteiger partial charge in [0, 0.05) is 18.7 Å². The number of hydrogen-bond donors (Lipinski definition) is 2. The van der Waals surface area contributed by atoms with E-state index in [9.17, 15) is 9.18 Å². The van der Waals surface area contributed by atoms with Crippen molar-refractivity contribution in [1.29, 1.82) is 0 Å². The SMILES string of the molecule is Cc1nc2cc(F)cc(C(=O)NCC3CCCN3)c2nc1C.Cl.Cl. The quantitative estimate of drug-likeness (QED) is 0.866. The lowest BCUT2D eigenvalue weighted by Crippen LogP contribution is -2.37. The molecule has 1 amide bonds. The van der Waals surface area contributed by atoms with Gasteiger partial charge in [0.15, 0.2) is 0 Å². The minimum Gasteiger partial charge on any atom is -0.350 e. The lowest BCUT2D eigenvalue weighted by Gasteiger charge is -2.13. The third-order valence-corrected chi connectivity index (χ3v) is 4.06. The first-order valence-electron chi connectivity index (χ1n) is 7.50. The van der Waals surface area contributed by atoms with Gasteiger partial charge in [-0.15, -0.1) is 24.8 Å². The van der Waals surface area contributed by atoms with Gasteiger partial charge < -0.3 is 10.6 Å². The van der Waals surface area contributed by atoms with Gasteiger partial charge in [0.1, 0.15) is 11.3 Å². The van der Waals surface area contributed by atoms with Crippen LogP contribution in [0.5, 0.6) is 0 Å². The highest BCUT2D eigenvalue weighted by Crippen LogP contribution is 2.19. The summed E-state index contributed by atoms with van der Waals surface area (Å²) in [7, 11) is 0. The molecule has 0 saturated carbocycles. The van der Waals surface area contributed by atoms with Crippen molar-refractivity contribution in [2.45, 2.75) is 32.7 Å². The number of hydrogen-bond acceptors (Lipinski definition) is 4. The monoisotopic (exact) mass is 374 g/mol. The summed E-state index contributed by atoms with van der Waals surface area (Å²) in [5.41, 5.74) is 2.57. The average molecular weight is 375 g/mol. The number of rotatable bonds is 3. The molecule has 3 rings (SSSR count). The molecule has 2 heterocycles. The molecule has 1 unspecified atom stereocenters. The van der Waals surface area contributed by atoms with Gasteiger partial charge in [-0.05, 0) is 39.3 Å². The van der Waals surface area contributed by atoms with Crippen molar-refractivity contribution in [2.24, 2.45) is 0 Å². The fourth-order valence-corrected chi connectivity index (χ4v) is 2.71. The van der Waals surface area contributed by atoms with E-state index in [1.165, 1.54) is 12.1 Å². The highest BCUT2D eigenvalue weighted by Gasteiger charge is 2.18. The van der Waals surface area contributed by atoms with Gasteiger partial charge in [-0.25, -0.2) is 14.4 Å². The molecule has 24 heavy (non-hydrogen) atoms. The van der Waals surface area contributed by atoms with Crippen LogP contribution in [0.25, 0.3) is 11.0 Å². The Morgan fingerprint density at radius 1 is 1.29 bits per heavy atom. The molecule has 1 aliphatic rings. The molecule has 2 aromatic rings. The predicted molar refractivity (Wildman–Crippen MR) is 96.8 cm³/mol. The fourth-order valence-electron chi connectivity index (χ4n) is 2.71. The van der Waals surface area contributed by atoms with Crippen LogP contribution in [0.3, 0.4) is 0 Å². The summed E-state index contributed by atoms with van der Waals surface area (Å²) in [5.74, 6) is -0.787. The highest BCUT2D eigenvalue weighted by atomic mass is 35.5. The molecule has 0 radical (unpaired) electrons. The molecule has 1 aromatic carbocycles. The maximum absolute atomic E-state index is 13.8. The van der Waals surface area contributed by atoms with E-state index in [-0.39, 0.29) is 36.3 Å². The Bertz CT molecular complexity index is 736. The summed E-state index contributed by atoms with van der Waals surface area (Å²) in [6, 6.07) is 2.83. The van der Waals surface area contributed by atoms with Gasteiger partial charge in [0.25, 0.3) is 5.91 Å². The Labute approximate surface area is 152 Å². The zero-order valence-corrected chi connectivity index (χ0v) is 15.2. The molecule has 0 aliphatic carbocycles. The number of fused-ring (bicyclic) bond motifs is 1. The van der Waals surface area contributed by atoms with Gasteiger partial charge in [-0.2, -0.15) is 0 Å². The number of halogens is 3. The van der Waals surface area contributed by atoms with Crippen LogP contribution in [-0.2, 0) is 0 Å². The summed E-state index contributed by atoms with van der Waals surface area (Å²) in [6.07, 6.45) is 2.16. The van der Waals surface area contributed by atoms with E-state index in [0.29, 0.717) is 23.6 Å². The van der Waals surface area contributed by atoms with E-state index in [0.717, 1.165) is 30.8 Å². The van der Waals surface area contributed by atoms with Crippen LogP contribution in [-0.4, -0.2) is 35.0 Å². The minimum absolute atomic E-state index is 0. The Morgan fingerprint density at radius 3 is 2.67 bits per heavy atom. The van der Waals surface area contributed by atoms with E-state index >= 15 is 0 Å². The molecule has 1 saturated heterocycles. The number of carbonyl (C=O) groups excluding carboxylic acids is 1. The van der Waals surface area contributed by atoms with E-state index in [1.807, 2.05) is 13.8 Å². The van der Waals surface area contributed by atoms with Crippen molar-refractivity contribution in [3.05, 3.63) is 34.9 Å². The number of nitrogens with one attached hydrogen (secondary N) is 2. The first kappa shape index (κ1) is 20.5. The van der Waals surface area contributed by atoms with Crippen LogP contribution in [0.4, 0.5) is 4.39 Å². The first-order valence-corrected chi connectivity index (χ1v) is 7.50. The molecule has 1 aromatic heterocycles. The van der Waals surface area contributed by atoms with Gasteiger partial charge in [0.05, 0.1) is 22.5 Å². The Kier molecular flexibility index (Phi) is 7.32. The van der Waals surface area contributed by atoms with Crippen LogP contribution < -0.4 is 10.6 Å². The van der Waals surface area contributed by atoms with Gasteiger partial charge in [0.2, 0.25) is 0 Å². The van der Waals surface area contributed by atoms with Gasteiger partial charge >= 0.3 is 0 Å². The Hall–Kier alpha value is -1.50. The molecular formula is C16H21Cl2FN4O. The van der Waals surface area contributed by atoms with Crippen LogP contribution >= 0.6 is 24.8 Å². The lowest BCUT2D eigenvalue weighted by atomic mass is 10.1. The largest absolute Gasteiger partial charge is 0.350 e. The number of aromatic nitrogens is 2. The molecule has 1 fully saturated rings. The zero-order valence-electron chi connectivity index (χ0n) is 13.6. The van der Waals surface area contributed by atoms with E-state index in [4.69, 9.17) is 0 Å². The average Bonchev–Trinajstić information content (AvgIpc) is 2.99. The van der Waals surface area contributed by atoms with Crippen LogP contribution in [0.1, 0.15) is 34.6 Å². The van der Waals surface area contributed by atoms with Crippen LogP contribution in [0.2, 0.25) is 0 Å². The Balaban J connectivity index is 0.00000144. The second-order valence-electron chi connectivity index (χ2n) is 5.72. The van der Waals surface area contributed by atoms with Crippen LogP contribution in [0, 0.1) is 19.7 Å². The topological polar surface area (TPSA) is 66.9 Å². The standard InChI is InChI=1S/C16H19FN4O.2ClH/c1-9-10(2)21-15-13(6-11(17)7-14(15)20-9)16(22)19-8-12-4-3-5-18-12;;/h6-7,12,18H,3-5,8H2,1-2H3,(H,19,22);2*1H. The van der Waals surface area contributed by atoms with E-state index in [2.05, 4.69) is 20.6 Å². The lowest BCUT2D eigenvalue weighted by molar-refractivity contribution is 0.0951. The van der Waals surface area contributed by atoms with E-state index < -0.39 is 5.82 Å². The maximum Gasteiger partial charge on any atom is 0.253 e. The third-order valence-electron chi connectivity index (χ3n) is 4.06. The smallest absolute Gasteiger partial charge is 0.253 e. The van der Waals surface area contributed by atoms with Gasteiger partial charge in [-0.1, -0.05) is 0 Å². The van der Waals surface area contributed by atoms with Gasteiger partial charge in [-0.3, -0.25) is 4.79 Å². The van der Waals surface area contributed by atoms with Crippen molar-refractivity contribution in [3.8, 4) is 0 Å². The number of benzene rings is 1. The summed E-state index contributed by atoms with van der Waals surface area (Å²) in [4.78, 5) is 21.1. The molecule has 0 bridgehead atoms. The summed E-state index contributed by atoms with van der Waals surface area (Å²) in [6.45, 7) is 5.16. The van der Waals surface area contributed by atoms with Crippen molar-refractivity contribution in [2.75, 3.05) is 13.1 Å². The van der Waals surface area contributed by atoms with Crippen LogP contribution in [0.15, 0.2) is 12.1 Å².